The fourth-order valence-corrected chi connectivity index (χ4v) is 0.743. The van der Waals surface area contributed by atoms with Crippen molar-refractivity contribution in [1.82, 2.24) is 0 Å². The van der Waals surface area contributed by atoms with Crippen molar-refractivity contribution in [3.05, 3.63) is 30.1 Å². The first-order valence-corrected chi connectivity index (χ1v) is 3.72. The van der Waals surface area contributed by atoms with E-state index in [9.17, 15) is 4.39 Å². The highest BCUT2D eigenvalue weighted by Gasteiger charge is 2.00. The molecule has 0 spiro atoms. The van der Waals surface area contributed by atoms with Gasteiger partial charge in [0.05, 0.1) is 5.69 Å². The quantitative estimate of drug-likeness (QED) is 0.668. The molecule has 68 valence electrons. The highest BCUT2D eigenvalue weighted by Crippen LogP contribution is 2.13. The van der Waals surface area contributed by atoms with Crippen LogP contribution in [0.4, 0.5) is 10.1 Å². The summed E-state index contributed by atoms with van der Waals surface area (Å²) in [5.74, 6) is -0.438. The van der Waals surface area contributed by atoms with Crippen molar-refractivity contribution in [3.8, 4) is 12.1 Å². The molecule has 1 rings (SSSR count). The van der Waals surface area contributed by atoms with Gasteiger partial charge < -0.3 is 0 Å². The van der Waals surface area contributed by atoms with Gasteiger partial charge >= 0.3 is 0 Å². The Bertz CT molecular complexity index is 413. The maximum atomic E-state index is 12.6. The number of rotatable bonds is 2. The van der Waals surface area contributed by atoms with Gasteiger partial charge in [-0.3, -0.25) is 0 Å². The molecule has 1 aromatic carbocycles. The van der Waals surface area contributed by atoms with Crippen LogP contribution in [-0.2, 0) is 0 Å². The number of nitrogens with zero attached hydrogens (tertiary/aromatic N) is 4. The second-order valence-corrected chi connectivity index (χ2v) is 2.36. The molecule has 0 aliphatic rings. The zero-order chi connectivity index (χ0) is 10.4. The molecule has 0 heterocycles. The van der Waals surface area contributed by atoms with E-state index in [0.717, 1.165) is 6.07 Å². The van der Waals surface area contributed by atoms with Crippen molar-refractivity contribution in [2.75, 3.05) is 0 Å². The number of benzene rings is 1. The highest BCUT2D eigenvalue weighted by atomic mass is 19.1. The van der Waals surface area contributed by atoms with Gasteiger partial charge in [0.25, 0.3) is 0 Å². The summed E-state index contributed by atoms with van der Waals surface area (Å²) in [5.41, 5.74) is 0.278. The molecule has 0 fully saturated rings. The fourth-order valence-electron chi connectivity index (χ4n) is 0.743. The van der Waals surface area contributed by atoms with Crippen molar-refractivity contribution in [1.29, 1.82) is 10.5 Å². The lowest BCUT2D eigenvalue weighted by Crippen LogP contribution is -1.92. The Labute approximate surface area is 79.9 Å². The lowest BCUT2D eigenvalue weighted by atomic mass is 10.3. The van der Waals surface area contributed by atoms with Gasteiger partial charge in [-0.1, -0.05) is 6.07 Å². The van der Waals surface area contributed by atoms with Crippen LogP contribution < -0.4 is 0 Å². The van der Waals surface area contributed by atoms with Gasteiger partial charge in [-0.15, -0.1) is 0 Å². The standard InChI is InChI=1S/C9H5FN4/c10-7-2-1-3-8(4-7)13-14-9(5-11)6-12/h1-4,9H. The molecule has 0 radical (unpaired) electrons. The third kappa shape index (κ3) is 2.65. The second kappa shape index (κ2) is 4.68. The van der Waals surface area contributed by atoms with Crippen LogP contribution in [0.1, 0.15) is 0 Å². The van der Waals surface area contributed by atoms with Crippen LogP contribution in [0.3, 0.4) is 0 Å². The second-order valence-electron chi connectivity index (χ2n) is 2.36. The molecule has 0 saturated heterocycles. The SMILES string of the molecule is N#CC(C#N)N=Nc1cccc(F)c1. The molecule has 0 atom stereocenters. The van der Waals surface area contributed by atoms with Gasteiger partial charge in [0, 0.05) is 6.07 Å². The van der Waals surface area contributed by atoms with Crippen LogP contribution in [0.15, 0.2) is 34.5 Å². The minimum atomic E-state index is -1.14. The van der Waals surface area contributed by atoms with Gasteiger partial charge in [0.2, 0.25) is 6.04 Å². The molecule has 4 nitrogen and oxygen atoms in total. The van der Waals surface area contributed by atoms with Crippen LogP contribution in [-0.4, -0.2) is 6.04 Å². The maximum absolute atomic E-state index is 12.6. The summed E-state index contributed by atoms with van der Waals surface area (Å²) < 4.78 is 12.6. The molecule has 5 heteroatoms. The number of nitriles is 2. The monoisotopic (exact) mass is 188 g/mol. The smallest absolute Gasteiger partial charge is 0.207 e. The molecular formula is C9H5FN4. The number of halogens is 1. The normalized spacial score (nSPS) is 10.0. The summed E-state index contributed by atoms with van der Waals surface area (Å²) in [6.07, 6.45) is 0. The molecule has 0 bridgehead atoms. The van der Waals surface area contributed by atoms with Crippen molar-refractivity contribution in [2.24, 2.45) is 10.2 Å². The topological polar surface area (TPSA) is 72.3 Å². The third-order valence-electron chi connectivity index (χ3n) is 1.34. The Hall–Kier alpha value is -2.27. The average molecular weight is 188 g/mol. The average Bonchev–Trinajstić information content (AvgIpc) is 2.19. The largest absolute Gasteiger partial charge is 0.242 e. The molecule has 0 amide bonds. The minimum absolute atomic E-state index is 0.278. The molecule has 14 heavy (non-hydrogen) atoms. The summed E-state index contributed by atoms with van der Waals surface area (Å²) >= 11 is 0. The van der Waals surface area contributed by atoms with Crippen molar-refractivity contribution in [2.45, 2.75) is 6.04 Å². The molecular weight excluding hydrogens is 183 g/mol. The van der Waals surface area contributed by atoms with E-state index in [0.29, 0.717) is 0 Å². The lowest BCUT2D eigenvalue weighted by Gasteiger charge is -1.91. The van der Waals surface area contributed by atoms with Crippen LogP contribution in [0.2, 0.25) is 0 Å². The summed E-state index contributed by atoms with van der Waals surface area (Å²) in [4.78, 5) is 0. The number of hydrogen-bond acceptors (Lipinski definition) is 4. The summed E-state index contributed by atoms with van der Waals surface area (Å²) in [6.45, 7) is 0. The van der Waals surface area contributed by atoms with E-state index in [-0.39, 0.29) is 5.69 Å². The van der Waals surface area contributed by atoms with Crippen molar-refractivity contribution < 1.29 is 4.39 Å². The Morgan fingerprint density at radius 1 is 1.29 bits per heavy atom. The molecule has 0 aromatic heterocycles. The summed E-state index contributed by atoms with van der Waals surface area (Å²) in [6, 6.07) is 7.53. The maximum Gasteiger partial charge on any atom is 0.242 e. The van der Waals surface area contributed by atoms with Crippen LogP contribution in [0.5, 0.6) is 0 Å². The van der Waals surface area contributed by atoms with E-state index in [1.807, 2.05) is 0 Å². The molecule has 0 unspecified atom stereocenters. The zero-order valence-electron chi connectivity index (χ0n) is 7.05. The van der Waals surface area contributed by atoms with Crippen LogP contribution >= 0.6 is 0 Å². The van der Waals surface area contributed by atoms with E-state index in [4.69, 9.17) is 10.5 Å². The van der Waals surface area contributed by atoms with Gasteiger partial charge in [0.15, 0.2) is 0 Å². The van der Waals surface area contributed by atoms with Gasteiger partial charge in [-0.05, 0) is 12.1 Å². The van der Waals surface area contributed by atoms with E-state index < -0.39 is 11.9 Å². The van der Waals surface area contributed by atoms with Gasteiger partial charge in [-0.2, -0.15) is 20.8 Å². The lowest BCUT2D eigenvalue weighted by molar-refractivity contribution is 0.628. The fraction of sp³-hybridized carbons (Fsp3) is 0.111. The molecule has 0 aliphatic carbocycles. The van der Waals surface area contributed by atoms with E-state index in [2.05, 4.69) is 10.2 Å². The highest BCUT2D eigenvalue weighted by molar-refractivity contribution is 5.35. The van der Waals surface area contributed by atoms with Crippen molar-refractivity contribution in [3.63, 3.8) is 0 Å². The van der Waals surface area contributed by atoms with Crippen molar-refractivity contribution >= 4 is 5.69 Å². The molecule has 0 aliphatic heterocycles. The Morgan fingerprint density at radius 2 is 2.00 bits per heavy atom. The number of azo groups is 1. The van der Waals surface area contributed by atoms with E-state index >= 15 is 0 Å². The first-order chi connectivity index (χ1) is 6.76. The molecule has 0 N–H and O–H groups in total. The first-order valence-electron chi connectivity index (χ1n) is 3.72. The Morgan fingerprint density at radius 3 is 2.57 bits per heavy atom. The van der Waals surface area contributed by atoms with Gasteiger partial charge in [-0.25, -0.2) is 4.39 Å². The van der Waals surface area contributed by atoms with Crippen LogP contribution in [0.25, 0.3) is 0 Å². The van der Waals surface area contributed by atoms with E-state index in [1.165, 1.54) is 18.2 Å². The van der Waals surface area contributed by atoms with Crippen LogP contribution in [0, 0.1) is 28.5 Å². The van der Waals surface area contributed by atoms with E-state index in [1.54, 1.807) is 12.1 Å². The number of hydrogen-bond donors (Lipinski definition) is 0. The zero-order valence-corrected chi connectivity index (χ0v) is 7.05. The molecule has 1 aromatic rings. The third-order valence-corrected chi connectivity index (χ3v) is 1.34. The minimum Gasteiger partial charge on any atom is -0.207 e. The Kier molecular flexibility index (Phi) is 3.28. The van der Waals surface area contributed by atoms with Gasteiger partial charge in [0.1, 0.15) is 18.0 Å². The Balaban J connectivity index is 2.80. The summed E-state index contributed by atoms with van der Waals surface area (Å²) in [7, 11) is 0. The first kappa shape index (κ1) is 9.82. The molecule has 0 saturated carbocycles. The summed E-state index contributed by atoms with van der Waals surface area (Å²) in [5, 5.41) is 23.7. The predicted molar refractivity (Wildman–Crippen MR) is 45.9 cm³/mol. The predicted octanol–water partition coefficient (Wildman–Crippen LogP) is 2.33.